The van der Waals surface area contributed by atoms with Crippen LogP contribution in [0.25, 0.3) is 0 Å². The van der Waals surface area contributed by atoms with E-state index in [1.165, 1.54) is 37.9 Å². The summed E-state index contributed by atoms with van der Waals surface area (Å²) in [6, 6.07) is 2.43. The number of nitrogens with zero attached hydrogens (tertiary/aromatic N) is 2. The third-order valence-corrected chi connectivity index (χ3v) is 5.51. The van der Waals surface area contributed by atoms with Crippen molar-refractivity contribution in [2.75, 3.05) is 20.1 Å². The number of likely N-dealkylation sites (tertiary alicyclic amines) is 1. The van der Waals surface area contributed by atoms with Crippen molar-refractivity contribution in [3.63, 3.8) is 0 Å². The third kappa shape index (κ3) is 3.77. The molecule has 1 aliphatic heterocycles. The van der Waals surface area contributed by atoms with Crippen LogP contribution in [0.5, 0.6) is 0 Å². The largest absolute Gasteiger partial charge is 0.315 e. The summed E-state index contributed by atoms with van der Waals surface area (Å²) in [6.07, 6.45) is 9.67. The van der Waals surface area contributed by atoms with Crippen molar-refractivity contribution >= 4 is 11.6 Å². The van der Waals surface area contributed by atoms with Crippen LogP contribution in [0.15, 0.2) is 18.5 Å². The molecule has 2 atom stereocenters. The predicted molar refractivity (Wildman–Crippen MR) is 89.9 cm³/mol. The molecule has 0 bridgehead atoms. The summed E-state index contributed by atoms with van der Waals surface area (Å²) < 4.78 is 0. The van der Waals surface area contributed by atoms with Gasteiger partial charge in [0.15, 0.2) is 0 Å². The molecule has 2 rings (SSSR count). The van der Waals surface area contributed by atoms with Crippen LogP contribution in [0, 0.1) is 0 Å². The van der Waals surface area contributed by atoms with E-state index in [-0.39, 0.29) is 5.54 Å². The summed E-state index contributed by atoms with van der Waals surface area (Å²) in [5, 5.41) is 4.32. The number of hydrogen-bond acceptors (Lipinski definition) is 3. The maximum atomic E-state index is 6.30. The van der Waals surface area contributed by atoms with Gasteiger partial charge >= 0.3 is 0 Å². The minimum absolute atomic E-state index is 0.168. The molecule has 0 aromatic carbocycles. The van der Waals surface area contributed by atoms with Crippen molar-refractivity contribution in [2.24, 2.45) is 0 Å². The van der Waals surface area contributed by atoms with E-state index in [2.05, 4.69) is 36.1 Å². The van der Waals surface area contributed by atoms with Crippen molar-refractivity contribution in [1.29, 1.82) is 0 Å². The Morgan fingerprint density at radius 2 is 2.10 bits per heavy atom. The second-order valence-electron chi connectivity index (χ2n) is 6.27. The van der Waals surface area contributed by atoms with Crippen LogP contribution in [-0.2, 0) is 6.42 Å². The molecule has 1 aromatic heterocycles. The average molecular weight is 310 g/mol. The van der Waals surface area contributed by atoms with Gasteiger partial charge in [0.2, 0.25) is 0 Å². The number of piperidine rings is 1. The topological polar surface area (TPSA) is 28.2 Å². The van der Waals surface area contributed by atoms with Crippen LogP contribution < -0.4 is 5.32 Å². The average Bonchev–Trinajstić information content (AvgIpc) is 2.54. The highest BCUT2D eigenvalue weighted by Crippen LogP contribution is 2.30. The molecule has 0 saturated carbocycles. The maximum absolute atomic E-state index is 6.30. The van der Waals surface area contributed by atoms with E-state index in [9.17, 15) is 0 Å². The Morgan fingerprint density at radius 3 is 2.67 bits per heavy atom. The van der Waals surface area contributed by atoms with Crippen LogP contribution in [-0.4, -0.2) is 41.6 Å². The normalized spacial score (nSPS) is 21.0. The van der Waals surface area contributed by atoms with Gasteiger partial charge in [0.05, 0.1) is 5.02 Å². The summed E-state index contributed by atoms with van der Waals surface area (Å²) in [5.74, 6) is 0. The lowest BCUT2D eigenvalue weighted by Crippen LogP contribution is -2.60. The Kier molecular flexibility index (Phi) is 6.03. The molecule has 0 spiro atoms. The monoisotopic (exact) mass is 309 g/mol. The molecule has 2 heterocycles. The molecule has 1 fully saturated rings. The van der Waals surface area contributed by atoms with E-state index >= 15 is 0 Å². The van der Waals surface area contributed by atoms with E-state index in [0.29, 0.717) is 6.04 Å². The van der Waals surface area contributed by atoms with E-state index < -0.39 is 0 Å². The molecule has 1 aliphatic rings. The summed E-state index contributed by atoms with van der Waals surface area (Å²) in [4.78, 5) is 6.76. The molecular weight excluding hydrogens is 282 g/mol. The summed E-state index contributed by atoms with van der Waals surface area (Å²) >= 11 is 6.30. The SMILES string of the molecule is CCC(C)(C(Cc1ccncc1Cl)NC)N1CCCCC1. The van der Waals surface area contributed by atoms with E-state index in [1.807, 2.05) is 12.3 Å². The second kappa shape index (κ2) is 7.57. The van der Waals surface area contributed by atoms with Crippen LogP contribution >= 0.6 is 11.6 Å². The Labute approximate surface area is 134 Å². The van der Waals surface area contributed by atoms with Crippen LogP contribution in [0.2, 0.25) is 5.02 Å². The maximum Gasteiger partial charge on any atom is 0.0621 e. The van der Waals surface area contributed by atoms with Gasteiger partial charge in [-0.1, -0.05) is 24.9 Å². The van der Waals surface area contributed by atoms with E-state index in [4.69, 9.17) is 11.6 Å². The van der Waals surface area contributed by atoms with Gasteiger partial charge in [0.1, 0.15) is 0 Å². The Balaban J connectivity index is 2.18. The summed E-state index contributed by atoms with van der Waals surface area (Å²) in [7, 11) is 2.07. The number of rotatable bonds is 6. The van der Waals surface area contributed by atoms with Crippen molar-refractivity contribution in [3.05, 3.63) is 29.0 Å². The Morgan fingerprint density at radius 1 is 1.38 bits per heavy atom. The zero-order valence-corrected chi connectivity index (χ0v) is 14.3. The van der Waals surface area contributed by atoms with Crippen LogP contribution in [0.3, 0.4) is 0 Å². The minimum Gasteiger partial charge on any atom is -0.315 e. The third-order valence-electron chi connectivity index (χ3n) is 5.17. The van der Waals surface area contributed by atoms with Gasteiger partial charge in [-0.05, 0) is 64.4 Å². The number of halogens is 1. The first kappa shape index (κ1) is 16.7. The highest BCUT2D eigenvalue weighted by atomic mass is 35.5. The van der Waals surface area contributed by atoms with E-state index in [1.54, 1.807) is 6.20 Å². The number of likely N-dealkylation sites (N-methyl/N-ethyl adjacent to an activating group) is 1. The molecule has 0 aliphatic carbocycles. The number of nitrogens with one attached hydrogen (secondary N) is 1. The highest BCUT2D eigenvalue weighted by molar-refractivity contribution is 6.31. The standard InChI is InChI=1S/C17H28ClN3/c1-4-17(2,21-10-6-5-7-11-21)16(19-3)12-14-8-9-20-13-15(14)18/h8-9,13,16,19H,4-7,10-12H2,1-3H3. The lowest BCUT2D eigenvalue weighted by molar-refractivity contribution is 0.0453. The lowest BCUT2D eigenvalue weighted by Gasteiger charge is -2.48. The van der Waals surface area contributed by atoms with Crippen LogP contribution in [0.1, 0.15) is 45.1 Å². The first-order valence-electron chi connectivity index (χ1n) is 8.12. The predicted octanol–water partition coefficient (Wildman–Crippen LogP) is 3.52. The van der Waals surface area contributed by atoms with Crippen molar-refractivity contribution in [3.8, 4) is 0 Å². The fraction of sp³-hybridized carbons (Fsp3) is 0.706. The van der Waals surface area contributed by atoms with Gasteiger partial charge in [-0.25, -0.2) is 0 Å². The highest BCUT2D eigenvalue weighted by Gasteiger charge is 2.38. The molecule has 0 amide bonds. The fourth-order valence-electron chi connectivity index (χ4n) is 3.52. The molecule has 1 aromatic rings. The zero-order chi connectivity index (χ0) is 15.3. The second-order valence-corrected chi connectivity index (χ2v) is 6.68. The van der Waals surface area contributed by atoms with Crippen molar-refractivity contribution in [1.82, 2.24) is 15.2 Å². The number of pyridine rings is 1. The number of aromatic nitrogens is 1. The lowest BCUT2D eigenvalue weighted by atomic mass is 9.82. The zero-order valence-electron chi connectivity index (χ0n) is 13.5. The van der Waals surface area contributed by atoms with Gasteiger partial charge in [0, 0.05) is 24.0 Å². The van der Waals surface area contributed by atoms with E-state index in [0.717, 1.165) is 17.9 Å². The molecule has 3 nitrogen and oxygen atoms in total. The first-order chi connectivity index (χ1) is 10.1. The van der Waals surface area contributed by atoms with Gasteiger partial charge in [-0.2, -0.15) is 0 Å². The molecule has 118 valence electrons. The molecule has 4 heteroatoms. The fourth-order valence-corrected chi connectivity index (χ4v) is 3.71. The molecule has 2 unspecified atom stereocenters. The van der Waals surface area contributed by atoms with Gasteiger partial charge in [-0.15, -0.1) is 0 Å². The molecular formula is C17H28ClN3. The molecule has 1 N–H and O–H groups in total. The first-order valence-corrected chi connectivity index (χ1v) is 8.50. The van der Waals surface area contributed by atoms with Gasteiger partial charge < -0.3 is 5.32 Å². The number of hydrogen-bond donors (Lipinski definition) is 1. The Hall–Kier alpha value is -0.640. The van der Waals surface area contributed by atoms with Gasteiger partial charge in [0.25, 0.3) is 0 Å². The van der Waals surface area contributed by atoms with Crippen molar-refractivity contribution < 1.29 is 0 Å². The quantitative estimate of drug-likeness (QED) is 0.871. The molecule has 1 saturated heterocycles. The summed E-state index contributed by atoms with van der Waals surface area (Å²) in [6.45, 7) is 7.13. The summed E-state index contributed by atoms with van der Waals surface area (Å²) in [5.41, 5.74) is 1.35. The Bertz CT molecular complexity index is 445. The molecule has 21 heavy (non-hydrogen) atoms. The molecule has 0 radical (unpaired) electrons. The smallest absolute Gasteiger partial charge is 0.0621 e. The van der Waals surface area contributed by atoms with Gasteiger partial charge in [-0.3, -0.25) is 9.88 Å². The van der Waals surface area contributed by atoms with Crippen LogP contribution in [0.4, 0.5) is 0 Å². The minimum atomic E-state index is 0.168. The van der Waals surface area contributed by atoms with Crippen molar-refractivity contribution in [2.45, 2.75) is 57.5 Å².